The third-order valence-corrected chi connectivity index (χ3v) is 2.74. The zero-order valence-corrected chi connectivity index (χ0v) is 10.3. The lowest BCUT2D eigenvalue weighted by atomic mass is 10.1. The van der Waals surface area contributed by atoms with Crippen LogP contribution in [0.3, 0.4) is 0 Å². The van der Waals surface area contributed by atoms with Crippen LogP contribution in [0.4, 0.5) is 4.39 Å². The van der Waals surface area contributed by atoms with Crippen LogP contribution in [0.5, 0.6) is 0 Å². The Balaban J connectivity index is 1.99. The number of hydrogen-bond donors (Lipinski definition) is 1. The second-order valence-electron chi connectivity index (χ2n) is 4.22. The van der Waals surface area contributed by atoms with Gasteiger partial charge in [0.05, 0.1) is 0 Å². The van der Waals surface area contributed by atoms with Crippen LogP contribution < -0.4 is 0 Å². The van der Waals surface area contributed by atoms with Gasteiger partial charge < -0.3 is 9.52 Å². The van der Waals surface area contributed by atoms with Gasteiger partial charge in [0.2, 0.25) is 11.8 Å². The molecule has 0 aliphatic rings. The Labute approximate surface area is 109 Å². The molecule has 0 radical (unpaired) electrons. The fourth-order valence-corrected chi connectivity index (χ4v) is 1.59. The maximum Gasteiger partial charge on any atom is 0.315 e. The number of benzene rings is 1. The number of carbonyl (C=O) groups is 1. The minimum Gasteiger partial charge on any atom is -0.481 e. The smallest absolute Gasteiger partial charge is 0.315 e. The molecule has 0 saturated heterocycles. The molecule has 5 nitrogen and oxygen atoms in total. The van der Waals surface area contributed by atoms with Crippen LogP contribution in [0.25, 0.3) is 0 Å². The number of hydrogen-bond acceptors (Lipinski definition) is 4. The van der Waals surface area contributed by atoms with E-state index in [-0.39, 0.29) is 11.7 Å². The average molecular weight is 264 g/mol. The summed E-state index contributed by atoms with van der Waals surface area (Å²) in [5.74, 6) is -1.69. The fraction of sp³-hybridized carbons (Fsp3) is 0.308. The van der Waals surface area contributed by atoms with Gasteiger partial charge in [-0.15, -0.1) is 10.2 Å². The second-order valence-corrected chi connectivity index (χ2v) is 4.22. The monoisotopic (exact) mass is 264 g/mol. The number of aromatic nitrogens is 2. The van der Waals surface area contributed by atoms with E-state index in [1.807, 2.05) is 0 Å². The summed E-state index contributed by atoms with van der Waals surface area (Å²) >= 11 is 0. The Morgan fingerprint density at radius 1 is 1.42 bits per heavy atom. The van der Waals surface area contributed by atoms with Crippen LogP contribution in [0.2, 0.25) is 0 Å². The molecule has 1 N–H and O–H groups in total. The molecule has 0 spiro atoms. The van der Waals surface area contributed by atoms with Crippen LogP contribution in [-0.2, 0) is 17.6 Å². The Morgan fingerprint density at radius 3 is 2.89 bits per heavy atom. The van der Waals surface area contributed by atoms with E-state index in [1.165, 1.54) is 19.1 Å². The molecule has 0 aliphatic heterocycles. The lowest BCUT2D eigenvalue weighted by molar-refractivity contribution is -0.138. The predicted molar refractivity (Wildman–Crippen MR) is 64.2 cm³/mol. The summed E-state index contributed by atoms with van der Waals surface area (Å²) in [6.07, 6.45) is 1.00. The number of halogens is 1. The van der Waals surface area contributed by atoms with Gasteiger partial charge in [-0.2, -0.15) is 0 Å². The summed E-state index contributed by atoms with van der Waals surface area (Å²) in [6.45, 7) is 1.48. The highest BCUT2D eigenvalue weighted by atomic mass is 19.1. The van der Waals surface area contributed by atoms with E-state index in [9.17, 15) is 9.18 Å². The average Bonchev–Trinajstić information content (AvgIpc) is 2.84. The molecule has 1 unspecified atom stereocenters. The van der Waals surface area contributed by atoms with Gasteiger partial charge in [0.15, 0.2) is 0 Å². The second kappa shape index (κ2) is 5.60. The van der Waals surface area contributed by atoms with Crippen molar-refractivity contribution in [3.8, 4) is 0 Å². The number of aryl methyl sites for hydroxylation is 2. The van der Waals surface area contributed by atoms with Crippen LogP contribution in [-0.4, -0.2) is 21.3 Å². The first-order chi connectivity index (χ1) is 9.06. The highest BCUT2D eigenvalue weighted by Crippen LogP contribution is 2.15. The van der Waals surface area contributed by atoms with Crippen LogP contribution >= 0.6 is 0 Å². The Hall–Kier alpha value is -2.24. The summed E-state index contributed by atoms with van der Waals surface area (Å²) < 4.78 is 18.2. The van der Waals surface area contributed by atoms with E-state index in [0.29, 0.717) is 18.7 Å². The van der Waals surface area contributed by atoms with Gasteiger partial charge in [-0.1, -0.05) is 12.1 Å². The molecule has 2 aromatic rings. The normalized spacial score (nSPS) is 12.3. The van der Waals surface area contributed by atoms with Gasteiger partial charge in [0, 0.05) is 6.42 Å². The molecule has 0 aliphatic carbocycles. The van der Waals surface area contributed by atoms with E-state index in [4.69, 9.17) is 9.52 Å². The minimum absolute atomic E-state index is 0.0849. The number of carboxylic acid groups (broad SMARTS) is 1. The summed E-state index contributed by atoms with van der Waals surface area (Å²) in [6, 6.07) is 6.26. The Kier molecular flexibility index (Phi) is 3.89. The van der Waals surface area contributed by atoms with E-state index in [0.717, 1.165) is 5.56 Å². The summed E-state index contributed by atoms with van der Waals surface area (Å²) in [4.78, 5) is 10.8. The SMILES string of the molecule is CC(C(=O)O)c1nnc(CCc2cccc(F)c2)o1. The number of carboxylic acids is 1. The van der Waals surface area contributed by atoms with Gasteiger partial charge >= 0.3 is 5.97 Å². The molecule has 1 aromatic carbocycles. The number of nitrogens with zero attached hydrogens (tertiary/aromatic N) is 2. The van der Waals surface area contributed by atoms with Crippen LogP contribution in [0, 0.1) is 5.82 Å². The molecular weight excluding hydrogens is 251 g/mol. The third kappa shape index (κ3) is 3.37. The van der Waals surface area contributed by atoms with Gasteiger partial charge in [0.1, 0.15) is 11.7 Å². The maximum atomic E-state index is 13.0. The molecule has 0 saturated carbocycles. The third-order valence-electron chi connectivity index (χ3n) is 2.74. The molecule has 0 fully saturated rings. The van der Waals surface area contributed by atoms with Gasteiger partial charge in [-0.05, 0) is 31.0 Å². The first kappa shape index (κ1) is 13.2. The zero-order valence-electron chi connectivity index (χ0n) is 10.3. The maximum absolute atomic E-state index is 13.0. The topological polar surface area (TPSA) is 76.2 Å². The standard InChI is InChI=1S/C13H13FN2O3/c1-8(13(17)18)12-16-15-11(19-12)6-5-9-3-2-4-10(14)7-9/h2-4,7-8H,5-6H2,1H3,(H,17,18). The number of rotatable bonds is 5. The molecule has 6 heteroatoms. The molecule has 2 rings (SSSR count). The quantitative estimate of drug-likeness (QED) is 0.895. The van der Waals surface area contributed by atoms with Crippen molar-refractivity contribution >= 4 is 5.97 Å². The molecule has 0 bridgehead atoms. The molecule has 1 aromatic heterocycles. The Morgan fingerprint density at radius 2 is 2.21 bits per heavy atom. The van der Waals surface area contributed by atoms with Crippen molar-refractivity contribution in [3.63, 3.8) is 0 Å². The van der Waals surface area contributed by atoms with E-state index in [2.05, 4.69) is 10.2 Å². The lowest BCUT2D eigenvalue weighted by Crippen LogP contribution is -2.07. The highest BCUT2D eigenvalue weighted by molar-refractivity contribution is 5.73. The van der Waals surface area contributed by atoms with Crippen LogP contribution in [0.1, 0.15) is 30.2 Å². The van der Waals surface area contributed by atoms with Gasteiger partial charge in [0.25, 0.3) is 0 Å². The lowest BCUT2D eigenvalue weighted by Gasteiger charge is -1.99. The van der Waals surface area contributed by atoms with Crippen molar-refractivity contribution in [1.82, 2.24) is 10.2 Å². The van der Waals surface area contributed by atoms with Crippen molar-refractivity contribution in [3.05, 3.63) is 47.4 Å². The van der Waals surface area contributed by atoms with E-state index >= 15 is 0 Å². The van der Waals surface area contributed by atoms with Crippen molar-refractivity contribution in [1.29, 1.82) is 0 Å². The zero-order chi connectivity index (χ0) is 13.8. The van der Waals surface area contributed by atoms with E-state index in [1.54, 1.807) is 12.1 Å². The van der Waals surface area contributed by atoms with Crippen molar-refractivity contribution < 1.29 is 18.7 Å². The fourth-order valence-electron chi connectivity index (χ4n) is 1.59. The molecular formula is C13H13FN2O3. The highest BCUT2D eigenvalue weighted by Gasteiger charge is 2.20. The molecule has 0 amide bonds. The predicted octanol–water partition coefficient (Wildman–Crippen LogP) is 2.18. The first-order valence-electron chi connectivity index (χ1n) is 5.86. The van der Waals surface area contributed by atoms with Crippen LogP contribution in [0.15, 0.2) is 28.7 Å². The first-order valence-corrected chi connectivity index (χ1v) is 5.86. The molecule has 100 valence electrons. The molecule has 19 heavy (non-hydrogen) atoms. The van der Waals surface area contributed by atoms with Crippen molar-refractivity contribution in [2.75, 3.05) is 0 Å². The Bertz CT molecular complexity index is 583. The molecule has 1 atom stereocenters. The summed E-state index contributed by atoms with van der Waals surface area (Å²) in [7, 11) is 0. The van der Waals surface area contributed by atoms with Gasteiger partial charge in [-0.3, -0.25) is 4.79 Å². The van der Waals surface area contributed by atoms with Crippen molar-refractivity contribution in [2.45, 2.75) is 25.7 Å². The summed E-state index contributed by atoms with van der Waals surface area (Å²) in [5.41, 5.74) is 0.825. The minimum atomic E-state index is -1.01. The largest absolute Gasteiger partial charge is 0.481 e. The van der Waals surface area contributed by atoms with E-state index < -0.39 is 11.9 Å². The molecule has 1 heterocycles. The number of aliphatic carboxylic acids is 1. The van der Waals surface area contributed by atoms with Gasteiger partial charge in [-0.25, -0.2) is 4.39 Å². The van der Waals surface area contributed by atoms with Crippen molar-refractivity contribution in [2.24, 2.45) is 0 Å². The summed E-state index contributed by atoms with van der Waals surface area (Å²) in [5, 5.41) is 16.3.